The fourth-order valence-electron chi connectivity index (χ4n) is 4.13. The van der Waals surface area contributed by atoms with E-state index in [0.717, 1.165) is 17.6 Å². The van der Waals surface area contributed by atoms with Crippen molar-refractivity contribution >= 4 is 0 Å². The number of hydrogen-bond donors (Lipinski definition) is 1. The lowest BCUT2D eigenvalue weighted by molar-refractivity contribution is -0.915. The molecule has 0 radical (unpaired) electrons. The van der Waals surface area contributed by atoms with Gasteiger partial charge in [0.2, 0.25) is 0 Å². The van der Waals surface area contributed by atoms with Crippen LogP contribution in [0.3, 0.4) is 0 Å². The molecule has 110 valence electrons. The Morgan fingerprint density at radius 2 is 2.15 bits per heavy atom. The molecule has 1 aliphatic carbocycles. The van der Waals surface area contributed by atoms with E-state index < -0.39 is 0 Å². The van der Waals surface area contributed by atoms with E-state index in [1.807, 2.05) is 11.0 Å². The highest BCUT2D eigenvalue weighted by Gasteiger charge is 2.40. The van der Waals surface area contributed by atoms with E-state index in [4.69, 9.17) is 4.74 Å². The topological polar surface area (TPSA) is 13.7 Å². The van der Waals surface area contributed by atoms with E-state index in [-0.39, 0.29) is 0 Å². The van der Waals surface area contributed by atoms with Crippen molar-refractivity contribution in [2.24, 2.45) is 11.8 Å². The van der Waals surface area contributed by atoms with Crippen LogP contribution < -0.4 is 9.64 Å². The smallest absolute Gasteiger partial charge is 0.119 e. The molecule has 0 aromatic heterocycles. The average molecular weight is 274 g/mol. The highest BCUT2D eigenvalue weighted by Crippen LogP contribution is 2.34. The average Bonchev–Trinajstić information content (AvgIpc) is 3.21. The zero-order valence-electron chi connectivity index (χ0n) is 13.1. The first-order valence-corrected chi connectivity index (χ1v) is 8.07. The normalized spacial score (nSPS) is 34.0. The van der Waals surface area contributed by atoms with Crippen molar-refractivity contribution in [1.82, 2.24) is 0 Å². The van der Waals surface area contributed by atoms with Gasteiger partial charge >= 0.3 is 0 Å². The lowest BCUT2D eigenvalue weighted by atomic mass is 9.72. The molecular weight excluding hydrogens is 246 g/mol. The second kappa shape index (κ2) is 5.40. The Labute approximate surface area is 123 Å². The Bertz CT molecular complexity index is 466. The predicted octanol–water partition coefficient (Wildman–Crippen LogP) is 2.29. The monoisotopic (exact) mass is 274 g/mol. The number of nitrogens with one attached hydrogen (secondary N) is 1. The van der Waals surface area contributed by atoms with Gasteiger partial charge in [0, 0.05) is 17.3 Å². The Balaban J connectivity index is 1.80. The molecule has 1 heterocycles. The standard InChI is InChI=1S/C18H27NO/c1-14-10-18(2,13-19(11-14)12-15-7-8-15)16-5-4-6-17(9-16)20-3/h4-6,9,14-15H,7-8,10-13H2,1-3H3/p+1/t14-,18+/m1/s1. The zero-order chi connectivity index (χ0) is 14.2. The minimum atomic E-state index is 0.302. The molecule has 2 nitrogen and oxygen atoms in total. The number of ether oxygens (including phenoxy) is 1. The van der Waals surface area contributed by atoms with Gasteiger partial charge in [-0.1, -0.05) is 26.0 Å². The maximum Gasteiger partial charge on any atom is 0.119 e. The number of piperidine rings is 1. The summed E-state index contributed by atoms with van der Waals surface area (Å²) < 4.78 is 5.41. The number of methoxy groups -OCH3 is 1. The largest absolute Gasteiger partial charge is 0.497 e. The Morgan fingerprint density at radius 1 is 1.35 bits per heavy atom. The highest BCUT2D eigenvalue weighted by molar-refractivity contribution is 5.33. The van der Waals surface area contributed by atoms with Gasteiger partial charge in [0.15, 0.2) is 0 Å². The lowest BCUT2D eigenvalue weighted by Crippen LogP contribution is -3.15. The van der Waals surface area contributed by atoms with E-state index in [1.165, 1.54) is 44.5 Å². The third kappa shape index (κ3) is 3.01. The maximum atomic E-state index is 5.41. The number of rotatable bonds is 4. The molecule has 1 saturated carbocycles. The minimum absolute atomic E-state index is 0.302. The molecule has 20 heavy (non-hydrogen) atoms. The van der Waals surface area contributed by atoms with E-state index in [1.54, 1.807) is 7.11 Å². The summed E-state index contributed by atoms with van der Waals surface area (Å²) in [7, 11) is 1.76. The molecule has 1 saturated heterocycles. The van der Waals surface area contributed by atoms with Gasteiger partial charge in [-0.25, -0.2) is 0 Å². The summed E-state index contributed by atoms with van der Waals surface area (Å²) in [6.07, 6.45) is 4.23. The van der Waals surface area contributed by atoms with Gasteiger partial charge in [0.25, 0.3) is 0 Å². The zero-order valence-corrected chi connectivity index (χ0v) is 13.1. The number of hydrogen-bond acceptors (Lipinski definition) is 1. The van der Waals surface area contributed by atoms with Crippen molar-refractivity contribution in [3.05, 3.63) is 29.8 Å². The van der Waals surface area contributed by atoms with Crippen LogP contribution in [0.1, 0.15) is 38.7 Å². The lowest BCUT2D eigenvalue weighted by Gasteiger charge is -2.41. The summed E-state index contributed by atoms with van der Waals surface area (Å²) in [5.74, 6) is 2.82. The molecule has 1 aromatic rings. The van der Waals surface area contributed by atoms with Crippen LogP contribution in [0.2, 0.25) is 0 Å². The Kier molecular flexibility index (Phi) is 3.76. The molecule has 2 aliphatic rings. The van der Waals surface area contributed by atoms with Gasteiger partial charge < -0.3 is 9.64 Å². The number of quaternary nitrogens is 1. The minimum Gasteiger partial charge on any atom is -0.497 e. The Hall–Kier alpha value is -1.02. The van der Waals surface area contributed by atoms with Gasteiger partial charge in [0.1, 0.15) is 5.75 Å². The van der Waals surface area contributed by atoms with Crippen molar-refractivity contribution in [2.45, 2.75) is 38.5 Å². The number of benzene rings is 1. The van der Waals surface area contributed by atoms with Crippen LogP contribution >= 0.6 is 0 Å². The van der Waals surface area contributed by atoms with E-state index in [9.17, 15) is 0 Å². The van der Waals surface area contributed by atoms with Crippen LogP contribution in [0.25, 0.3) is 0 Å². The van der Waals surface area contributed by atoms with Crippen molar-refractivity contribution in [3.63, 3.8) is 0 Å². The fourth-order valence-corrected chi connectivity index (χ4v) is 4.13. The molecule has 3 atom stereocenters. The van der Waals surface area contributed by atoms with Crippen molar-refractivity contribution in [2.75, 3.05) is 26.7 Å². The SMILES string of the molecule is COc1cccc([C@@]2(C)C[C@@H](C)C[NH+](CC3CC3)C2)c1. The van der Waals surface area contributed by atoms with Crippen molar-refractivity contribution < 1.29 is 9.64 Å². The summed E-state index contributed by atoms with van der Waals surface area (Å²) in [4.78, 5) is 1.82. The molecule has 0 spiro atoms. The van der Waals surface area contributed by atoms with Gasteiger partial charge in [-0.2, -0.15) is 0 Å². The highest BCUT2D eigenvalue weighted by atomic mass is 16.5. The first kappa shape index (κ1) is 13.9. The molecule has 0 bridgehead atoms. The fraction of sp³-hybridized carbons (Fsp3) is 0.667. The van der Waals surface area contributed by atoms with Crippen LogP contribution in [0.4, 0.5) is 0 Å². The van der Waals surface area contributed by atoms with Gasteiger partial charge in [-0.15, -0.1) is 0 Å². The summed E-state index contributed by atoms with van der Waals surface area (Å²) in [5.41, 5.74) is 1.76. The summed E-state index contributed by atoms with van der Waals surface area (Å²) >= 11 is 0. The first-order valence-electron chi connectivity index (χ1n) is 8.07. The second-order valence-electron chi connectivity index (χ2n) is 7.38. The third-order valence-corrected chi connectivity index (χ3v) is 5.12. The molecule has 1 N–H and O–H groups in total. The predicted molar refractivity (Wildman–Crippen MR) is 82.4 cm³/mol. The van der Waals surface area contributed by atoms with Gasteiger partial charge in [-0.05, 0) is 37.0 Å². The first-order chi connectivity index (χ1) is 9.59. The Morgan fingerprint density at radius 3 is 2.85 bits per heavy atom. The van der Waals surface area contributed by atoms with Crippen LogP contribution in [0, 0.1) is 11.8 Å². The third-order valence-electron chi connectivity index (χ3n) is 5.12. The maximum absolute atomic E-state index is 5.41. The van der Waals surface area contributed by atoms with E-state index in [0.29, 0.717) is 5.41 Å². The molecule has 3 rings (SSSR count). The van der Waals surface area contributed by atoms with Crippen LogP contribution in [-0.2, 0) is 5.41 Å². The molecule has 1 aliphatic heterocycles. The summed E-state index contributed by atoms with van der Waals surface area (Å²) in [6, 6.07) is 8.72. The van der Waals surface area contributed by atoms with Crippen LogP contribution in [0.15, 0.2) is 24.3 Å². The van der Waals surface area contributed by atoms with Crippen LogP contribution in [0.5, 0.6) is 5.75 Å². The van der Waals surface area contributed by atoms with E-state index >= 15 is 0 Å². The van der Waals surface area contributed by atoms with Crippen LogP contribution in [-0.4, -0.2) is 26.7 Å². The molecule has 2 heteroatoms. The summed E-state index contributed by atoms with van der Waals surface area (Å²) in [5, 5.41) is 0. The second-order valence-corrected chi connectivity index (χ2v) is 7.38. The van der Waals surface area contributed by atoms with Crippen molar-refractivity contribution in [3.8, 4) is 5.75 Å². The molecule has 1 unspecified atom stereocenters. The van der Waals surface area contributed by atoms with Gasteiger partial charge in [-0.3, -0.25) is 0 Å². The van der Waals surface area contributed by atoms with Gasteiger partial charge in [0.05, 0.1) is 26.7 Å². The molecule has 0 amide bonds. The van der Waals surface area contributed by atoms with Crippen molar-refractivity contribution in [1.29, 1.82) is 0 Å². The molecular formula is C18H28NO+. The summed E-state index contributed by atoms with van der Waals surface area (Å²) in [6.45, 7) is 8.90. The molecule has 1 aromatic carbocycles. The molecule has 2 fully saturated rings. The van der Waals surface area contributed by atoms with E-state index in [2.05, 4.69) is 32.0 Å². The quantitative estimate of drug-likeness (QED) is 0.889. The number of likely N-dealkylation sites (tertiary alicyclic amines) is 1.